The molecule has 0 fully saturated rings. The molecule has 3 heterocycles. The summed E-state index contributed by atoms with van der Waals surface area (Å²) in [7, 11) is 0. The van der Waals surface area contributed by atoms with E-state index in [1.165, 1.54) is 15.9 Å². The Kier molecular flexibility index (Phi) is 4.96. The Hall–Kier alpha value is -3.73. The van der Waals surface area contributed by atoms with Crippen molar-refractivity contribution in [2.45, 2.75) is 19.9 Å². The summed E-state index contributed by atoms with van der Waals surface area (Å²) in [6.45, 7) is 1.99. The first-order valence-electron chi connectivity index (χ1n) is 8.58. The highest BCUT2D eigenvalue weighted by atomic mass is 32.1. The van der Waals surface area contributed by atoms with Crippen LogP contribution in [0.25, 0.3) is 21.8 Å². The summed E-state index contributed by atoms with van der Waals surface area (Å²) in [4.78, 5) is 40.8. The maximum atomic E-state index is 12.0. The fraction of sp³-hybridized carbons (Fsp3) is 0.167. The van der Waals surface area contributed by atoms with Crippen molar-refractivity contribution in [1.82, 2.24) is 25.6 Å². The van der Waals surface area contributed by atoms with Gasteiger partial charge in [0.15, 0.2) is 5.58 Å². The summed E-state index contributed by atoms with van der Waals surface area (Å²) in [5.41, 5.74) is 6.49. The molecule has 0 atom stereocenters. The number of fused-ring (bicyclic) bond motifs is 1. The van der Waals surface area contributed by atoms with Crippen LogP contribution in [0.5, 0.6) is 0 Å². The molecule has 1 aromatic carbocycles. The summed E-state index contributed by atoms with van der Waals surface area (Å²) < 4.78 is 11.4. The Morgan fingerprint density at radius 1 is 1.24 bits per heavy atom. The van der Waals surface area contributed by atoms with Crippen molar-refractivity contribution in [2.24, 2.45) is 0 Å². The normalized spacial score (nSPS) is 10.9. The van der Waals surface area contributed by atoms with Gasteiger partial charge in [0.2, 0.25) is 11.7 Å². The first-order valence-corrected chi connectivity index (χ1v) is 9.46. The van der Waals surface area contributed by atoms with Crippen LogP contribution in [0.3, 0.4) is 0 Å². The molecule has 0 saturated carbocycles. The predicted molar refractivity (Wildman–Crippen MR) is 103 cm³/mol. The minimum absolute atomic E-state index is 0.0486. The van der Waals surface area contributed by atoms with Crippen LogP contribution in [-0.4, -0.2) is 26.5 Å². The zero-order chi connectivity index (χ0) is 20.4. The van der Waals surface area contributed by atoms with Crippen LogP contribution in [0.2, 0.25) is 0 Å². The third-order valence-corrected chi connectivity index (χ3v) is 4.93. The molecule has 0 aliphatic heterocycles. The molecule has 11 heteroatoms. The van der Waals surface area contributed by atoms with Crippen LogP contribution in [0, 0.1) is 6.92 Å². The molecule has 0 radical (unpaired) electrons. The number of benzene rings is 1. The van der Waals surface area contributed by atoms with Crippen molar-refractivity contribution >= 4 is 34.3 Å². The molecule has 0 aliphatic rings. The minimum Gasteiger partial charge on any atom is -0.408 e. The number of carbonyl (C=O) groups is 2. The number of nitrogens with zero attached hydrogens (tertiary/aromatic N) is 3. The maximum Gasteiger partial charge on any atom is 0.419 e. The number of hydrazine groups is 1. The van der Waals surface area contributed by atoms with E-state index in [1.807, 2.05) is 24.4 Å². The van der Waals surface area contributed by atoms with Gasteiger partial charge in [0.05, 0.1) is 10.4 Å². The van der Waals surface area contributed by atoms with Crippen LogP contribution < -0.4 is 16.6 Å². The van der Waals surface area contributed by atoms with Gasteiger partial charge in [0.1, 0.15) is 0 Å². The van der Waals surface area contributed by atoms with Crippen molar-refractivity contribution < 1.29 is 18.5 Å². The first-order chi connectivity index (χ1) is 14.0. The average molecular weight is 413 g/mol. The second-order valence-electron chi connectivity index (χ2n) is 6.14. The molecule has 10 nitrogen and oxygen atoms in total. The number of hydrogen-bond donors (Lipinski definition) is 2. The quantitative estimate of drug-likeness (QED) is 0.477. The summed E-state index contributed by atoms with van der Waals surface area (Å²) in [6, 6.07) is 8.96. The summed E-state index contributed by atoms with van der Waals surface area (Å²) >= 11 is 1.41. The first kappa shape index (κ1) is 18.6. The molecule has 0 bridgehead atoms. The zero-order valence-electron chi connectivity index (χ0n) is 15.2. The number of carbonyl (C=O) groups excluding carboxylic acids is 2. The molecular weight excluding hydrogens is 398 g/mol. The molecule has 2 amide bonds. The van der Waals surface area contributed by atoms with E-state index >= 15 is 0 Å². The van der Waals surface area contributed by atoms with E-state index < -0.39 is 17.6 Å². The van der Waals surface area contributed by atoms with Crippen LogP contribution >= 0.6 is 11.3 Å². The van der Waals surface area contributed by atoms with Crippen LogP contribution in [-0.2, 0) is 11.3 Å². The number of hydrogen-bond acceptors (Lipinski definition) is 8. The van der Waals surface area contributed by atoms with E-state index in [9.17, 15) is 14.4 Å². The van der Waals surface area contributed by atoms with Gasteiger partial charge in [-0.2, -0.15) is 4.98 Å². The standard InChI is InChI=1S/C18H15N5O5S/c1-10-4-5-12-11(9-10)23(18(26)27-12)7-6-14(24)20-21-16(25)17-19-15(22-28-17)13-3-2-8-29-13/h2-5,8-9H,6-7H2,1H3,(H,20,24)(H,21,25). The van der Waals surface area contributed by atoms with E-state index in [1.54, 1.807) is 18.2 Å². The fourth-order valence-electron chi connectivity index (χ4n) is 2.66. The predicted octanol–water partition coefficient (Wildman–Crippen LogP) is 1.87. The van der Waals surface area contributed by atoms with E-state index in [0.717, 1.165) is 10.4 Å². The molecule has 148 valence electrons. The van der Waals surface area contributed by atoms with E-state index in [2.05, 4.69) is 21.0 Å². The van der Waals surface area contributed by atoms with Crippen LogP contribution in [0.1, 0.15) is 22.7 Å². The number of thiophene rings is 1. The second kappa shape index (κ2) is 7.72. The molecule has 29 heavy (non-hydrogen) atoms. The molecule has 0 aliphatic carbocycles. The zero-order valence-corrected chi connectivity index (χ0v) is 16.0. The van der Waals surface area contributed by atoms with Gasteiger partial charge in [-0.1, -0.05) is 17.3 Å². The minimum atomic E-state index is -0.741. The largest absolute Gasteiger partial charge is 0.419 e. The Balaban J connectivity index is 1.34. The lowest BCUT2D eigenvalue weighted by Crippen LogP contribution is -2.42. The van der Waals surface area contributed by atoms with Crippen molar-refractivity contribution in [3.05, 3.63) is 57.7 Å². The van der Waals surface area contributed by atoms with Crippen molar-refractivity contribution in [3.8, 4) is 10.7 Å². The smallest absolute Gasteiger partial charge is 0.408 e. The van der Waals surface area contributed by atoms with Gasteiger partial charge in [0, 0.05) is 13.0 Å². The summed E-state index contributed by atoms with van der Waals surface area (Å²) in [5, 5.41) is 5.57. The third kappa shape index (κ3) is 3.94. The highest BCUT2D eigenvalue weighted by Crippen LogP contribution is 2.21. The van der Waals surface area contributed by atoms with E-state index in [4.69, 9.17) is 8.94 Å². The molecule has 0 saturated heterocycles. The van der Waals surface area contributed by atoms with Crippen molar-refractivity contribution in [3.63, 3.8) is 0 Å². The van der Waals surface area contributed by atoms with Gasteiger partial charge >= 0.3 is 17.6 Å². The number of aromatic nitrogens is 3. The molecule has 4 aromatic rings. The molecule has 0 spiro atoms. The molecule has 0 unspecified atom stereocenters. The van der Waals surface area contributed by atoms with Crippen LogP contribution in [0.15, 0.2) is 49.4 Å². The lowest BCUT2D eigenvalue weighted by Gasteiger charge is -2.05. The monoisotopic (exact) mass is 413 g/mol. The van der Waals surface area contributed by atoms with Crippen molar-refractivity contribution in [1.29, 1.82) is 0 Å². The number of rotatable bonds is 5. The lowest BCUT2D eigenvalue weighted by molar-refractivity contribution is -0.122. The van der Waals surface area contributed by atoms with Gasteiger partial charge in [-0.25, -0.2) is 4.79 Å². The van der Waals surface area contributed by atoms with Gasteiger partial charge in [0.25, 0.3) is 0 Å². The SMILES string of the molecule is Cc1ccc2oc(=O)n(CCC(=O)NNC(=O)c3nc(-c4cccs4)no3)c2c1. The highest BCUT2D eigenvalue weighted by Gasteiger charge is 2.17. The summed E-state index contributed by atoms with van der Waals surface area (Å²) in [6.07, 6.45) is -0.0486. The topological polar surface area (TPSA) is 132 Å². The number of oxazole rings is 1. The van der Waals surface area contributed by atoms with Crippen molar-refractivity contribution in [2.75, 3.05) is 0 Å². The number of aryl methyl sites for hydroxylation is 2. The van der Waals surface area contributed by atoms with Gasteiger partial charge in [-0.05, 0) is 36.1 Å². The number of nitrogens with one attached hydrogen (secondary N) is 2. The fourth-order valence-corrected chi connectivity index (χ4v) is 3.31. The van der Waals surface area contributed by atoms with Gasteiger partial charge in [-0.15, -0.1) is 11.3 Å². The second-order valence-corrected chi connectivity index (χ2v) is 7.09. The number of amides is 2. The van der Waals surface area contributed by atoms with Gasteiger partial charge < -0.3 is 8.94 Å². The maximum absolute atomic E-state index is 12.0. The molecule has 4 rings (SSSR count). The Morgan fingerprint density at radius 3 is 2.90 bits per heavy atom. The Morgan fingerprint density at radius 2 is 2.10 bits per heavy atom. The van der Waals surface area contributed by atoms with Crippen LogP contribution in [0.4, 0.5) is 0 Å². The molecule has 2 N–H and O–H groups in total. The highest BCUT2D eigenvalue weighted by molar-refractivity contribution is 7.13. The molecular formula is C18H15N5O5S. The Labute approximate surface area is 167 Å². The lowest BCUT2D eigenvalue weighted by atomic mass is 10.2. The van der Waals surface area contributed by atoms with E-state index in [-0.39, 0.29) is 24.7 Å². The third-order valence-electron chi connectivity index (χ3n) is 4.06. The van der Waals surface area contributed by atoms with Gasteiger partial charge in [-0.3, -0.25) is 25.0 Å². The Bertz CT molecular complexity index is 1240. The van der Waals surface area contributed by atoms with E-state index in [0.29, 0.717) is 11.1 Å². The summed E-state index contributed by atoms with van der Waals surface area (Å²) in [5.74, 6) is -1.77. The average Bonchev–Trinajstić information content (AvgIpc) is 3.44. The molecule has 3 aromatic heterocycles.